The number of nitrogen functional groups attached to an aromatic ring is 1. The molecule has 9 heteroatoms. The Balaban J connectivity index is 2.33. The summed E-state index contributed by atoms with van der Waals surface area (Å²) in [5, 5.41) is -0.545. The third kappa shape index (κ3) is 2.85. The quantitative estimate of drug-likeness (QED) is 0.577. The van der Waals surface area contributed by atoms with E-state index in [1.807, 2.05) is 0 Å². The molecule has 18 heavy (non-hydrogen) atoms. The van der Waals surface area contributed by atoms with Gasteiger partial charge >= 0.3 is 0 Å². The van der Waals surface area contributed by atoms with E-state index in [1.54, 1.807) is 22.7 Å². The molecule has 1 aromatic rings. The first-order chi connectivity index (χ1) is 8.52. The minimum atomic E-state index is -3.15. The number of nitrogens with zero attached hydrogens (tertiary/aromatic N) is 3. The molecular weight excluding hydrogens is 274 g/mol. The van der Waals surface area contributed by atoms with Crippen LogP contribution in [0.2, 0.25) is 0 Å². The number of anilines is 2. The highest BCUT2D eigenvalue weighted by Crippen LogP contribution is 2.25. The minimum absolute atomic E-state index is 0.463. The summed E-state index contributed by atoms with van der Waals surface area (Å²) in [7, 11) is -3.15. The van der Waals surface area contributed by atoms with Crippen molar-refractivity contribution in [1.82, 2.24) is 9.97 Å². The Morgan fingerprint density at radius 3 is 3.00 bits per heavy atom. The van der Waals surface area contributed by atoms with Crippen molar-refractivity contribution in [3.63, 3.8) is 0 Å². The van der Waals surface area contributed by atoms with E-state index in [1.165, 1.54) is 12.6 Å². The molecule has 0 amide bonds. The van der Waals surface area contributed by atoms with Crippen LogP contribution < -0.4 is 16.2 Å². The van der Waals surface area contributed by atoms with Gasteiger partial charge in [-0.25, -0.2) is 24.2 Å². The number of rotatable bonds is 3. The SMILES string of the molecule is CS(=O)(=O)C1CSCCN1c1cc(NN)ncn1. The van der Waals surface area contributed by atoms with Crippen LogP contribution in [0.5, 0.6) is 0 Å². The van der Waals surface area contributed by atoms with Crippen molar-refractivity contribution in [3.05, 3.63) is 12.4 Å². The maximum atomic E-state index is 11.8. The van der Waals surface area contributed by atoms with E-state index >= 15 is 0 Å². The predicted molar refractivity (Wildman–Crippen MR) is 73.1 cm³/mol. The molecule has 1 fully saturated rings. The zero-order valence-electron chi connectivity index (χ0n) is 9.91. The Kier molecular flexibility index (Phi) is 3.93. The van der Waals surface area contributed by atoms with Gasteiger partial charge in [0.05, 0.1) is 0 Å². The van der Waals surface area contributed by atoms with E-state index in [0.29, 0.717) is 23.9 Å². The van der Waals surface area contributed by atoms with E-state index in [9.17, 15) is 8.42 Å². The van der Waals surface area contributed by atoms with Gasteiger partial charge in [-0.15, -0.1) is 0 Å². The molecule has 1 aliphatic heterocycles. The summed E-state index contributed by atoms with van der Waals surface area (Å²) in [6, 6.07) is 1.65. The Hall–Kier alpha value is -1.06. The second-order valence-electron chi connectivity index (χ2n) is 3.96. The van der Waals surface area contributed by atoms with Crippen LogP contribution in [-0.2, 0) is 9.84 Å². The van der Waals surface area contributed by atoms with E-state index in [-0.39, 0.29) is 0 Å². The van der Waals surface area contributed by atoms with Gasteiger partial charge in [-0.05, 0) is 0 Å². The molecule has 0 saturated carbocycles. The number of sulfone groups is 1. The maximum Gasteiger partial charge on any atom is 0.169 e. The molecule has 2 heterocycles. The van der Waals surface area contributed by atoms with Crippen LogP contribution in [0.1, 0.15) is 0 Å². The van der Waals surface area contributed by atoms with Crippen LogP contribution in [-0.4, -0.2) is 48.1 Å². The number of hydrogen-bond acceptors (Lipinski definition) is 8. The van der Waals surface area contributed by atoms with Crippen LogP contribution in [0.15, 0.2) is 12.4 Å². The molecule has 1 unspecified atom stereocenters. The highest BCUT2D eigenvalue weighted by molar-refractivity contribution is 8.01. The topological polar surface area (TPSA) is 101 Å². The molecule has 1 saturated heterocycles. The van der Waals surface area contributed by atoms with Crippen molar-refractivity contribution >= 4 is 33.2 Å². The first-order valence-electron chi connectivity index (χ1n) is 5.34. The minimum Gasteiger partial charge on any atom is -0.338 e. The smallest absolute Gasteiger partial charge is 0.169 e. The summed E-state index contributed by atoms with van der Waals surface area (Å²) in [4.78, 5) is 9.82. The summed E-state index contributed by atoms with van der Waals surface area (Å²) in [5.41, 5.74) is 2.43. The molecule has 0 aliphatic carbocycles. The van der Waals surface area contributed by atoms with Crippen LogP contribution in [0, 0.1) is 0 Å². The predicted octanol–water partition coefficient (Wildman–Crippen LogP) is -0.314. The molecule has 1 aromatic heterocycles. The van der Waals surface area contributed by atoms with Crippen LogP contribution in [0.3, 0.4) is 0 Å². The van der Waals surface area contributed by atoms with Crippen molar-refractivity contribution in [3.8, 4) is 0 Å². The van der Waals surface area contributed by atoms with Gasteiger partial charge < -0.3 is 10.3 Å². The highest BCUT2D eigenvalue weighted by atomic mass is 32.2. The molecule has 7 nitrogen and oxygen atoms in total. The number of nitrogens with two attached hydrogens (primary N) is 1. The summed E-state index contributed by atoms with van der Waals surface area (Å²) in [6.07, 6.45) is 2.62. The molecule has 100 valence electrons. The van der Waals surface area contributed by atoms with Gasteiger partial charge in [0.25, 0.3) is 0 Å². The van der Waals surface area contributed by atoms with Crippen molar-refractivity contribution in [2.75, 3.05) is 34.6 Å². The van der Waals surface area contributed by atoms with Gasteiger partial charge in [0, 0.05) is 30.4 Å². The zero-order chi connectivity index (χ0) is 13.2. The largest absolute Gasteiger partial charge is 0.338 e. The molecule has 0 bridgehead atoms. The standard InChI is InChI=1S/C9H15N5O2S2/c1-18(15,16)9-5-17-3-2-14(9)8-4-7(13-10)11-6-12-8/h4,6,9H,2-3,5,10H2,1H3,(H,11,12,13). The fourth-order valence-corrected chi connectivity index (χ4v) is 4.61. The second kappa shape index (κ2) is 5.29. The number of hydrazine groups is 1. The second-order valence-corrected chi connectivity index (χ2v) is 7.31. The molecule has 0 spiro atoms. The number of nitrogens with one attached hydrogen (secondary N) is 1. The molecule has 3 N–H and O–H groups in total. The molecule has 1 aliphatic rings. The van der Waals surface area contributed by atoms with Crippen molar-refractivity contribution < 1.29 is 8.42 Å². The molecular formula is C9H15N5O2S2. The van der Waals surface area contributed by atoms with Crippen molar-refractivity contribution in [2.45, 2.75) is 5.37 Å². The monoisotopic (exact) mass is 289 g/mol. The van der Waals surface area contributed by atoms with Crippen molar-refractivity contribution in [2.24, 2.45) is 5.84 Å². The van der Waals surface area contributed by atoms with Gasteiger partial charge in [-0.2, -0.15) is 11.8 Å². The van der Waals surface area contributed by atoms with Gasteiger partial charge in [0.1, 0.15) is 23.3 Å². The van der Waals surface area contributed by atoms with Gasteiger partial charge in [0.2, 0.25) is 0 Å². The number of aromatic nitrogens is 2. The number of thioether (sulfide) groups is 1. The number of hydrogen-bond donors (Lipinski definition) is 2. The molecule has 0 radical (unpaired) electrons. The summed E-state index contributed by atoms with van der Waals surface area (Å²) < 4.78 is 23.6. The lowest BCUT2D eigenvalue weighted by molar-refractivity contribution is 0.583. The van der Waals surface area contributed by atoms with Gasteiger partial charge in [0.15, 0.2) is 9.84 Å². The Morgan fingerprint density at radius 1 is 1.56 bits per heavy atom. The third-order valence-corrected chi connectivity index (χ3v) is 5.32. The van der Waals surface area contributed by atoms with E-state index in [4.69, 9.17) is 5.84 Å². The fraction of sp³-hybridized carbons (Fsp3) is 0.556. The zero-order valence-corrected chi connectivity index (χ0v) is 11.5. The lowest BCUT2D eigenvalue weighted by Gasteiger charge is -2.34. The van der Waals surface area contributed by atoms with Gasteiger partial charge in [-0.1, -0.05) is 0 Å². The average Bonchev–Trinajstić information content (AvgIpc) is 2.38. The van der Waals surface area contributed by atoms with Crippen LogP contribution in [0.4, 0.5) is 11.6 Å². The summed E-state index contributed by atoms with van der Waals surface area (Å²) >= 11 is 1.63. The first kappa shape index (κ1) is 13.4. The third-order valence-electron chi connectivity index (χ3n) is 2.67. The molecule has 2 rings (SSSR count). The van der Waals surface area contributed by atoms with Crippen LogP contribution in [0.25, 0.3) is 0 Å². The van der Waals surface area contributed by atoms with E-state index < -0.39 is 15.2 Å². The Bertz CT molecular complexity index is 521. The first-order valence-corrected chi connectivity index (χ1v) is 8.45. The van der Waals surface area contributed by atoms with Crippen molar-refractivity contribution in [1.29, 1.82) is 0 Å². The fourth-order valence-electron chi connectivity index (χ4n) is 1.78. The maximum absolute atomic E-state index is 11.8. The summed E-state index contributed by atoms with van der Waals surface area (Å²) in [5.74, 6) is 7.75. The molecule has 1 atom stereocenters. The molecule has 0 aromatic carbocycles. The normalized spacial score (nSPS) is 20.8. The highest BCUT2D eigenvalue weighted by Gasteiger charge is 2.31. The lowest BCUT2D eigenvalue weighted by atomic mass is 10.4. The van der Waals surface area contributed by atoms with Gasteiger partial charge in [-0.3, -0.25) is 0 Å². The van der Waals surface area contributed by atoms with Crippen LogP contribution >= 0.6 is 11.8 Å². The Labute approximate surface area is 110 Å². The lowest BCUT2D eigenvalue weighted by Crippen LogP contribution is -2.47. The van der Waals surface area contributed by atoms with E-state index in [2.05, 4.69) is 15.4 Å². The Morgan fingerprint density at radius 2 is 2.33 bits per heavy atom. The summed E-state index contributed by atoms with van der Waals surface area (Å²) in [6.45, 7) is 0.642. The van der Waals surface area contributed by atoms with E-state index in [0.717, 1.165) is 5.75 Å². The average molecular weight is 289 g/mol.